The van der Waals surface area contributed by atoms with Crippen LogP contribution in [0.15, 0.2) is 79.3 Å². The maximum Gasteiger partial charge on any atom is 0.226 e. The van der Waals surface area contributed by atoms with Crippen molar-refractivity contribution in [2.75, 3.05) is 19.7 Å². The number of carbonyl (C=O) groups excluding carboxylic acids is 2. The van der Waals surface area contributed by atoms with Crippen molar-refractivity contribution in [3.05, 3.63) is 84.8 Å². The molecule has 1 unspecified atom stereocenters. The third-order valence-corrected chi connectivity index (χ3v) is 6.45. The number of para-hydroxylation sites is 3. The molecule has 0 spiro atoms. The van der Waals surface area contributed by atoms with E-state index in [9.17, 15) is 9.59 Å². The third kappa shape index (κ3) is 5.54. The number of pyridine rings is 1. The number of nitrogens with one attached hydrogen (secondary N) is 1. The number of aromatic nitrogens is 3. The molecule has 36 heavy (non-hydrogen) atoms. The summed E-state index contributed by atoms with van der Waals surface area (Å²) in [6, 6.07) is 21.3. The van der Waals surface area contributed by atoms with Gasteiger partial charge in [-0.2, -0.15) is 0 Å². The SMILES string of the molecule is O=C(NCc1ccc(-n2cnc3ccccc32)nc1)C1CCCN(C(=O)CCOc2ccccc2)C1. The number of fused-ring (bicyclic) bond motifs is 1. The van der Waals surface area contributed by atoms with Gasteiger partial charge < -0.3 is 15.0 Å². The quantitative estimate of drug-likeness (QED) is 0.412. The van der Waals surface area contributed by atoms with Gasteiger partial charge in [0.25, 0.3) is 0 Å². The number of piperidine rings is 1. The highest BCUT2D eigenvalue weighted by Crippen LogP contribution is 2.19. The number of carbonyl (C=O) groups is 2. The number of hydrogen-bond acceptors (Lipinski definition) is 5. The van der Waals surface area contributed by atoms with Crippen LogP contribution in [0.4, 0.5) is 0 Å². The number of hydrogen-bond donors (Lipinski definition) is 1. The van der Waals surface area contributed by atoms with Gasteiger partial charge in [-0.05, 0) is 48.7 Å². The van der Waals surface area contributed by atoms with Crippen molar-refractivity contribution >= 4 is 22.8 Å². The van der Waals surface area contributed by atoms with Crippen LogP contribution in [0, 0.1) is 5.92 Å². The molecule has 8 nitrogen and oxygen atoms in total. The van der Waals surface area contributed by atoms with Crippen LogP contribution in [0.1, 0.15) is 24.8 Å². The Morgan fingerprint density at radius 1 is 1.00 bits per heavy atom. The van der Waals surface area contributed by atoms with Crippen LogP contribution in [0.2, 0.25) is 0 Å². The first-order chi connectivity index (χ1) is 17.7. The second kappa shape index (κ2) is 11.0. The topological polar surface area (TPSA) is 89.4 Å². The van der Waals surface area contributed by atoms with Crippen LogP contribution < -0.4 is 10.1 Å². The number of rotatable bonds is 8. The van der Waals surface area contributed by atoms with E-state index in [1.165, 1.54) is 0 Å². The second-order valence-corrected chi connectivity index (χ2v) is 8.94. The van der Waals surface area contributed by atoms with Crippen LogP contribution in [-0.4, -0.2) is 50.9 Å². The first-order valence-corrected chi connectivity index (χ1v) is 12.3. The van der Waals surface area contributed by atoms with Crippen LogP contribution in [-0.2, 0) is 16.1 Å². The van der Waals surface area contributed by atoms with E-state index in [0.29, 0.717) is 32.7 Å². The summed E-state index contributed by atoms with van der Waals surface area (Å²) < 4.78 is 7.59. The number of imidazole rings is 1. The average molecular weight is 484 g/mol. The fourth-order valence-corrected chi connectivity index (χ4v) is 4.49. The van der Waals surface area contributed by atoms with Gasteiger partial charge in [0, 0.05) is 25.8 Å². The molecule has 0 aliphatic carbocycles. The maximum atomic E-state index is 12.8. The minimum atomic E-state index is -0.206. The van der Waals surface area contributed by atoms with E-state index < -0.39 is 0 Å². The predicted octanol–water partition coefficient (Wildman–Crippen LogP) is 3.74. The van der Waals surface area contributed by atoms with E-state index in [4.69, 9.17) is 4.74 Å². The molecule has 1 aliphatic heterocycles. The molecule has 1 fully saturated rings. The van der Waals surface area contributed by atoms with E-state index in [1.54, 1.807) is 17.4 Å². The zero-order chi connectivity index (χ0) is 24.7. The van der Waals surface area contributed by atoms with Gasteiger partial charge in [0.15, 0.2) is 0 Å². The Morgan fingerprint density at radius 2 is 1.83 bits per heavy atom. The van der Waals surface area contributed by atoms with Gasteiger partial charge in [0.2, 0.25) is 11.8 Å². The molecule has 8 heteroatoms. The molecule has 1 atom stereocenters. The van der Waals surface area contributed by atoms with Gasteiger partial charge in [-0.25, -0.2) is 9.97 Å². The molecule has 4 aromatic rings. The van der Waals surface area contributed by atoms with E-state index >= 15 is 0 Å². The number of nitrogens with zero attached hydrogens (tertiary/aromatic N) is 4. The molecule has 5 rings (SSSR count). The fourth-order valence-electron chi connectivity index (χ4n) is 4.49. The molecular weight excluding hydrogens is 454 g/mol. The minimum absolute atomic E-state index is 0.0234. The van der Waals surface area contributed by atoms with Crippen molar-refractivity contribution in [2.45, 2.75) is 25.8 Å². The van der Waals surface area contributed by atoms with Gasteiger partial charge in [-0.15, -0.1) is 0 Å². The lowest BCUT2D eigenvalue weighted by Gasteiger charge is -2.32. The van der Waals surface area contributed by atoms with Crippen LogP contribution in [0.25, 0.3) is 16.9 Å². The molecule has 2 aromatic carbocycles. The smallest absolute Gasteiger partial charge is 0.226 e. The van der Waals surface area contributed by atoms with Crippen LogP contribution in [0.5, 0.6) is 5.75 Å². The monoisotopic (exact) mass is 483 g/mol. The molecule has 3 heterocycles. The summed E-state index contributed by atoms with van der Waals surface area (Å²) >= 11 is 0. The van der Waals surface area contributed by atoms with Gasteiger partial charge in [-0.1, -0.05) is 36.4 Å². The molecule has 0 radical (unpaired) electrons. The second-order valence-electron chi connectivity index (χ2n) is 8.94. The van der Waals surface area contributed by atoms with Crippen molar-refractivity contribution in [1.82, 2.24) is 24.8 Å². The first kappa shape index (κ1) is 23.5. The Morgan fingerprint density at radius 3 is 2.67 bits per heavy atom. The number of likely N-dealkylation sites (tertiary alicyclic amines) is 1. The van der Waals surface area contributed by atoms with Crippen molar-refractivity contribution in [1.29, 1.82) is 0 Å². The highest BCUT2D eigenvalue weighted by Gasteiger charge is 2.28. The molecule has 2 aromatic heterocycles. The number of benzene rings is 2. The summed E-state index contributed by atoms with van der Waals surface area (Å²) in [4.78, 5) is 36.2. The Hall–Kier alpha value is -4.20. The van der Waals surface area contributed by atoms with E-state index in [-0.39, 0.29) is 17.7 Å². The molecule has 1 aliphatic rings. The maximum absolute atomic E-state index is 12.8. The van der Waals surface area contributed by atoms with Gasteiger partial charge in [0.1, 0.15) is 17.9 Å². The van der Waals surface area contributed by atoms with Gasteiger partial charge in [0.05, 0.1) is 30.0 Å². The fraction of sp³-hybridized carbons (Fsp3) is 0.286. The molecule has 184 valence electrons. The van der Waals surface area contributed by atoms with Gasteiger partial charge in [-0.3, -0.25) is 14.2 Å². The largest absolute Gasteiger partial charge is 0.493 e. The average Bonchev–Trinajstić information content (AvgIpc) is 3.37. The van der Waals surface area contributed by atoms with Crippen LogP contribution in [0.3, 0.4) is 0 Å². The molecule has 2 amide bonds. The van der Waals surface area contributed by atoms with Crippen molar-refractivity contribution in [3.8, 4) is 11.6 Å². The van der Waals surface area contributed by atoms with Gasteiger partial charge >= 0.3 is 0 Å². The third-order valence-electron chi connectivity index (χ3n) is 6.45. The molecular formula is C28H29N5O3. The Bertz CT molecular complexity index is 1320. The van der Waals surface area contributed by atoms with Crippen LogP contribution >= 0.6 is 0 Å². The lowest BCUT2D eigenvalue weighted by atomic mass is 9.96. The van der Waals surface area contributed by atoms with E-state index in [0.717, 1.165) is 41.0 Å². The van der Waals surface area contributed by atoms with E-state index in [1.807, 2.05) is 71.3 Å². The molecule has 0 bridgehead atoms. The highest BCUT2D eigenvalue weighted by molar-refractivity contribution is 5.81. The zero-order valence-corrected chi connectivity index (χ0v) is 20.0. The normalized spacial score (nSPS) is 15.6. The summed E-state index contributed by atoms with van der Waals surface area (Å²) in [6.45, 7) is 1.85. The molecule has 0 saturated carbocycles. The summed E-state index contributed by atoms with van der Waals surface area (Å²) in [7, 11) is 0. The highest BCUT2D eigenvalue weighted by atomic mass is 16.5. The summed E-state index contributed by atoms with van der Waals surface area (Å²) in [5.74, 6) is 1.31. The molecule has 1 N–H and O–H groups in total. The predicted molar refractivity (Wildman–Crippen MR) is 137 cm³/mol. The molecule has 1 saturated heterocycles. The van der Waals surface area contributed by atoms with Crippen molar-refractivity contribution in [2.24, 2.45) is 5.92 Å². The van der Waals surface area contributed by atoms with E-state index in [2.05, 4.69) is 15.3 Å². The Kier molecular flexibility index (Phi) is 7.21. The Balaban J connectivity index is 1.10. The standard InChI is InChI=1S/C28H29N5O3/c34-27(14-16-36-23-8-2-1-3-9-23)32-15-6-7-22(19-32)28(35)30-18-21-12-13-26(29-17-21)33-20-31-24-10-4-5-11-25(24)33/h1-5,8-13,17,20,22H,6-7,14-16,18-19H2,(H,30,35). The summed E-state index contributed by atoms with van der Waals surface area (Å²) in [5, 5.41) is 3.02. The minimum Gasteiger partial charge on any atom is -0.493 e. The van der Waals surface area contributed by atoms with Crippen molar-refractivity contribution < 1.29 is 14.3 Å². The lowest BCUT2D eigenvalue weighted by molar-refractivity contribution is -0.136. The zero-order valence-electron chi connectivity index (χ0n) is 20.0. The van der Waals surface area contributed by atoms with Crippen molar-refractivity contribution in [3.63, 3.8) is 0 Å². The lowest BCUT2D eigenvalue weighted by Crippen LogP contribution is -2.45. The number of ether oxygens (including phenoxy) is 1. The first-order valence-electron chi connectivity index (χ1n) is 12.3. The summed E-state index contributed by atoms with van der Waals surface area (Å²) in [6.07, 6.45) is 5.43. The number of amides is 2. The summed E-state index contributed by atoms with van der Waals surface area (Å²) in [5.41, 5.74) is 2.83. The Labute approximate surface area is 209 Å².